The maximum atomic E-state index is 15.3. The number of ether oxygens (including phenoxy) is 1. The molecule has 0 aromatic heterocycles. The van der Waals surface area contributed by atoms with Crippen LogP contribution in [0.15, 0.2) is 12.1 Å². The first-order valence-corrected chi connectivity index (χ1v) is 13.4. The Morgan fingerprint density at radius 2 is 1.51 bits per heavy atom. The fraction of sp³-hybridized carbons (Fsp3) is 0.724. The number of ketones is 1. The zero-order chi connectivity index (χ0) is 24.8. The molecule has 5 nitrogen and oxygen atoms in total. The van der Waals surface area contributed by atoms with Gasteiger partial charge < -0.3 is 9.84 Å². The van der Waals surface area contributed by atoms with E-state index in [9.17, 15) is 14.7 Å². The van der Waals surface area contributed by atoms with Gasteiger partial charge in [0.2, 0.25) is 0 Å². The Kier molecular flexibility index (Phi) is 5.05. The molecule has 5 saturated carbocycles. The average Bonchev–Trinajstić information content (AvgIpc) is 3.43. The summed E-state index contributed by atoms with van der Waals surface area (Å²) in [4.78, 5) is 24.4. The van der Waals surface area contributed by atoms with Gasteiger partial charge in [-0.05, 0) is 98.0 Å². The SMILES string of the molecule is CC12CC3(C)CC(C)(C1)CC(COc1cc(F)c(C(=O)C4CCC(C(=O)O)N4)cc1C1CC1)(C2)C3. The number of hydrogen-bond acceptors (Lipinski definition) is 4. The molecule has 0 amide bonds. The van der Waals surface area contributed by atoms with Gasteiger partial charge in [-0.25, -0.2) is 4.39 Å². The standard InChI is InChI=1S/C29H38FNO4/c1-26-10-27(2)12-28(3,11-26)15-29(13-26,14-27)16-35-23-9-20(30)19(8-18(23)17-4-5-17)24(32)21-6-7-22(31-21)25(33)34/h8-9,17,21-22,31H,4-7,10-16H2,1-3H3,(H,33,34). The van der Waals surface area contributed by atoms with Gasteiger partial charge in [-0.2, -0.15) is 0 Å². The summed E-state index contributed by atoms with van der Waals surface area (Å²) in [5.41, 5.74) is 2.24. The summed E-state index contributed by atoms with van der Waals surface area (Å²) in [7, 11) is 0. The van der Waals surface area contributed by atoms with Crippen LogP contribution in [0.4, 0.5) is 4.39 Å². The van der Waals surface area contributed by atoms with Crippen molar-refractivity contribution in [3.05, 3.63) is 29.1 Å². The Balaban J connectivity index is 1.24. The molecule has 1 aromatic carbocycles. The topological polar surface area (TPSA) is 75.6 Å². The number of rotatable bonds is 7. The zero-order valence-corrected chi connectivity index (χ0v) is 21.2. The van der Waals surface area contributed by atoms with E-state index < -0.39 is 23.9 Å². The van der Waals surface area contributed by atoms with Crippen molar-refractivity contribution in [2.24, 2.45) is 21.7 Å². The fourth-order valence-electron chi connectivity index (χ4n) is 9.87. The highest BCUT2D eigenvalue weighted by atomic mass is 19.1. The molecular weight excluding hydrogens is 445 g/mol. The third-order valence-corrected chi connectivity index (χ3v) is 9.64. The second-order valence-electron chi connectivity index (χ2n) is 14.0. The second-order valence-corrected chi connectivity index (χ2v) is 14.0. The molecule has 1 saturated heterocycles. The molecular formula is C29H38FNO4. The van der Waals surface area contributed by atoms with Crippen molar-refractivity contribution >= 4 is 11.8 Å². The molecule has 7 rings (SSSR count). The van der Waals surface area contributed by atoms with Crippen LogP contribution in [0.3, 0.4) is 0 Å². The van der Waals surface area contributed by atoms with Gasteiger partial charge in [0, 0.05) is 11.5 Å². The monoisotopic (exact) mass is 483 g/mol. The van der Waals surface area contributed by atoms with E-state index in [4.69, 9.17) is 4.74 Å². The third-order valence-electron chi connectivity index (χ3n) is 9.64. The maximum absolute atomic E-state index is 15.3. The first-order valence-electron chi connectivity index (χ1n) is 13.4. The molecule has 1 aliphatic heterocycles. The highest BCUT2D eigenvalue weighted by Crippen LogP contribution is 2.73. The zero-order valence-electron chi connectivity index (χ0n) is 21.2. The van der Waals surface area contributed by atoms with Crippen LogP contribution in [0, 0.1) is 27.5 Å². The van der Waals surface area contributed by atoms with E-state index in [2.05, 4.69) is 26.1 Å². The van der Waals surface area contributed by atoms with Crippen LogP contribution in [0.5, 0.6) is 5.75 Å². The minimum absolute atomic E-state index is 0.0603. The molecule has 1 aromatic rings. The van der Waals surface area contributed by atoms with Crippen LogP contribution in [-0.2, 0) is 4.79 Å². The van der Waals surface area contributed by atoms with Crippen molar-refractivity contribution in [2.45, 2.75) is 103 Å². The highest BCUT2D eigenvalue weighted by molar-refractivity contribution is 6.01. The lowest BCUT2D eigenvalue weighted by Crippen LogP contribution is -2.60. The van der Waals surface area contributed by atoms with Gasteiger partial charge in [0.25, 0.3) is 0 Å². The maximum Gasteiger partial charge on any atom is 0.320 e. The van der Waals surface area contributed by atoms with Crippen LogP contribution < -0.4 is 10.1 Å². The fourth-order valence-corrected chi connectivity index (χ4v) is 9.87. The smallest absolute Gasteiger partial charge is 0.320 e. The molecule has 2 unspecified atom stereocenters. The second kappa shape index (κ2) is 7.53. The van der Waals surface area contributed by atoms with Gasteiger partial charge in [0.15, 0.2) is 5.78 Å². The number of aliphatic carboxylic acids is 1. The number of hydrogen-bond donors (Lipinski definition) is 2. The largest absolute Gasteiger partial charge is 0.493 e. The summed E-state index contributed by atoms with van der Waals surface area (Å²) < 4.78 is 21.8. The Labute approximate surface area is 207 Å². The van der Waals surface area contributed by atoms with Crippen LogP contribution in [-0.4, -0.2) is 35.5 Å². The highest BCUT2D eigenvalue weighted by Gasteiger charge is 2.64. The number of benzene rings is 1. The average molecular weight is 484 g/mol. The van der Waals surface area contributed by atoms with Crippen LogP contribution in [0.2, 0.25) is 0 Å². The van der Waals surface area contributed by atoms with E-state index in [1.165, 1.54) is 44.6 Å². The lowest BCUT2D eigenvalue weighted by atomic mass is 9.36. The minimum Gasteiger partial charge on any atom is -0.493 e. The minimum atomic E-state index is -0.968. The van der Waals surface area contributed by atoms with Crippen LogP contribution >= 0.6 is 0 Å². The summed E-state index contributed by atoms with van der Waals surface area (Å²) in [5, 5.41) is 12.1. The van der Waals surface area contributed by atoms with Crippen LogP contribution in [0.1, 0.15) is 107 Å². The van der Waals surface area contributed by atoms with Gasteiger partial charge in [-0.3, -0.25) is 14.9 Å². The lowest BCUT2D eigenvalue weighted by Gasteiger charge is -2.69. The number of Topliss-reactive ketones (excluding diaryl/α,β-unsaturated/α-hetero) is 1. The molecule has 5 aliphatic carbocycles. The predicted molar refractivity (Wildman–Crippen MR) is 130 cm³/mol. The lowest BCUT2D eigenvalue weighted by molar-refractivity contribution is -0.192. The van der Waals surface area contributed by atoms with Gasteiger partial charge in [-0.15, -0.1) is 0 Å². The van der Waals surface area contributed by atoms with E-state index in [1.54, 1.807) is 6.07 Å². The van der Waals surface area contributed by atoms with Crippen molar-refractivity contribution in [1.29, 1.82) is 0 Å². The molecule has 6 fully saturated rings. The Hall–Kier alpha value is -1.95. The Morgan fingerprint density at radius 3 is 2.03 bits per heavy atom. The molecule has 6 aliphatic rings. The van der Waals surface area contributed by atoms with Gasteiger partial charge in [0.1, 0.15) is 17.6 Å². The number of nitrogens with one attached hydrogen (secondary N) is 1. The Bertz CT molecular complexity index is 1040. The number of halogens is 1. The predicted octanol–water partition coefficient (Wildman–Crippen LogP) is 5.86. The molecule has 6 heteroatoms. The van der Waals surface area contributed by atoms with Crippen molar-refractivity contribution in [1.82, 2.24) is 5.32 Å². The van der Waals surface area contributed by atoms with E-state index >= 15 is 4.39 Å². The number of carbonyl (C=O) groups excluding carboxylic acids is 1. The quantitative estimate of drug-likeness (QED) is 0.476. The van der Waals surface area contributed by atoms with E-state index in [-0.39, 0.29) is 16.8 Å². The van der Waals surface area contributed by atoms with Crippen molar-refractivity contribution in [2.75, 3.05) is 6.61 Å². The summed E-state index contributed by atoms with van der Waals surface area (Å²) in [6, 6.07) is 1.72. The van der Waals surface area contributed by atoms with Crippen molar-refractivity contribution < 1.29 is 23.8 Å². The van der Waals surface area contributed by atoms with E-state index in [0.717, 1.165) is 18.4 Å². The molecule has 35 heavy (non-hydrogen) atoms. The molecule has 4 bridgehead atoms. The summed E-state index contributed by atoms with van der Waals surface area (Å²) in [5.74, 6) is -0.977. The van der Waals surface area contributed by atoms with E-state index in [0.29, 0.717) is 47.4 Å². The third kappa shape index (κ3) is 4.10. The first kappa shape index (κ1) is 23.4. The van der Waals surface area contributed by atoms with Gasteiger partial charge >= 0.3 is 5.97 Å². The van der Waals surface area contributed by atoms with Gasteiger partial charge in [0.05, 0.1) is 18.2 Å². The van der Waals surface area contributed by atoms with E-state index in [1.807, 2.05) is 0 Å². The summed E-state index contributed by atoms with van der Waals surface area (Å²) in [6.07, 6.45) is 10.3. The molecule has 0 radical (unpaired) electrons. The number of carbonyl (C=O) groups is 2. The summed E-state index contributed by atoms with van der Waals surface area (Å²) in [6.45, 7) is 7.98. The number of carboxylic acids is 1. The van der Waals surface area contributed by atoms with Crippen LogP contribution in [0.25, 0.3) is 0 Å². The molecule has 2 N–H and O–H groups in total. The molecule has 190 valence electrons. The summed E-state index contributed by atoms with van der Waals surface area (Å²) >= 11 is 0. The molecule has 2 atom stereocenters. The van der Waals surface area contributed by atoms with Gasteiger partial charge in [-0.1, -0.05) is 20.8 Å². The van der Waals surface area contributed by atoms with Crippen molar-refractivity contribution in [3.8, 4) is 5.75 Å². The molecule has 1 heterocycles. The molecule has 0 spiro atoms. The Morgan fingerprint density at radius 1 is 0.943 bits per heavy atom. The van der Waals surface area contributed by atoms with Crippen molar-refractivity contribution in [3.63, 3.8) is 0 Å². The number of carboxylic acid groups (broad SMARTS) is 1. The normalized spacial score (nSPS) is 41.8. The first-order chi connectivity index (χ1) is 16.4.